The lowest BCUT2D eigenvalue weighted by Gasteiger charge is -2.14. The van der Waals surface area contributed by atoms with Crippen LogP contribution in [-0.2, 0) is 6.42 Å². The zero-order chi connectivity index (χ0) is 13.8. The van der Waals surface area contributed by atoms with Gasteiger partial charge >= 0.3 is 5.97 Å². The third kappa shape index (κ3) is 3.26. The van der Waals surface area contributed by atoms with Crippen molar-refractivity contribution in [2.75, 3.05) is 5.32 Å². The van der Waals surface area contributed by atoms with Gasteiger partial charge in [-0.2, -0.15) is 0 Å². The maximum Gasteiger partial charge on any atom is 0.337 e. The second kappa shape index (κ2) is 5.75. The van der Waals surface area contributed by atoms with Crippen LogP contribution >= 0.6 is 11.6 Å². The quantitative estimate of drug-likeness (QED) is 0.880. The van der Waals surface area contributed by atoms with E-state index in [4.69, 9.17) is 21.1 Å². The number of furan rings is 1. The number of anilines is 1. The van der Waals surface area contributed by atoms with E-state index >= 15 is 0 Å². The molecule has 2 heterocycles. The van der Waals surface area contributed by atoms with Crippen molar-refractivity contribution < 1.29 is 14.3 Å². The summed E-state index contributed by atoms with van der Waals surface area (Å²) in [5, 5.41) is 12.2. The maximum atomic E-state index is 11.0. The van der Waals surface area contributed by atoms with E-state index in [0.29, 0.717) is 12.2 Å². The first-order valence-electron chi connectivity index (χ1n) is 5.74. The van der Waals surface area contributed by atoms with Crippen molar-refractivity contribution >= 4 is 23.4 Å². The molecule has 2 rings (SSSR count). The third-order valence-electron chi connectivity index (χ3n) is 2.59. The molecule has 0 saturated carbocycles. The number of aromatic carboxylic acids is 1. The van der Waals surface area contributed by atoms with Crippen LogP contribution in [0.15, 0.2) is 35.1 Å². The fourth-order valence-corrected chi connectivity index (χ4v) is 1.97. The van der Waals surface area contributed by atoms with Gasteiger partial charge in [0.15, 0.2) is 0 Å². The molecule has 0 fully saturated rings. The molecule has 19 heavy (non-hydrogen) atoms. The molecule has 0 spiro atoms. The van der Waals surface area contributed by atoms with E-state index in [-0.39, 0.29) is 16.6 Å². The highest BCUT2D eigenvalue weighted by atomic mass is 35.5. The molecule has 0 bridgehead atoms. The molecule has 0 radical (unpaired) electrons. The monoisotopic (exact) mass is 280 g/mol. The Morgan fingerprint density at radius 1 is 1.58 bits per heavy atom. The van der Waals surface area contributed by atoms with Crippen LogP contribution in [-0.4, -0.2) is 22.1 Å². The van der Waals surface area contributed by atoms with Crippen LogP contribution in [0.2, 0.25) is 5.02 Å². The van der Waals surface area contributed by atoms with Crippen LogP contribution in [0.5, 0.6) is 0 Å². The van der Waals surface area contributed by atoms with Crippen molar-refractivity contribution in [2.45, 2.75) is 19.4 Å². The molecule has 2 N–H and O–H groups in total. The minimum atomic E-state index is -1.07. The lowest BCUT2D eigenvalue weighted by molar-refractivity contribution is 0.0697. The minimum absolute atomic E-state index is 0.0141. The summed E-state index contributed by atoms with van der Waals surface area (Å²) >= 11 is 6.00. The lowest BCUT2D eigenvalue weighted by atomic mass is 10.2. The van der Waals surface area contributed by atoms with Gasteiger partial charge in [0.25, 0.3) is 0 Å². The van der Waals surface area contributed by atoms with Crippen molar-refractivity contribution in [3.8, 4) is 0 Å². The van der Waals surface area contributed by atoms with Crippen LogP contribution in [0.3, 0.4) is 0 Å². The molecule has 0 aliphatic rings. The minimum Gasteiger partial charge on any atom is -0.478 e. The second-order valence-corrected chi connectivity index (χ2v) is 4.53. The van der Waals surface area contributed by atoms with Gasteiger partial charge in [0.2, 0.25) is 0 Å². The summed E-state index contributed by atoms with van der Waals surface area (Å²) in [6.45, 7) is 1.94. The highest BCUT2D eigenvalue weighted by molar-refractivity contribution is 6.35. The number of carboxylic acid groups (broad SMARTS) is 1. The molecule has 0 aliphatic carbocycles. The Balaban J connectivity index is 2.10. The van der Waals surface area contributed by atoms with Crippen molar-refractivity contribution in [3.05, 3.63) is 47.0 Å². The van der Waals surface area contributed by atoms with Gasteiger partial charge in [-0.25, -0.2) is 9.78 Å². The molecule has 6 heteroatoms. The van der Waals surface area contributed by atoms with Crippen LogP contribution < -0.4 is 5.32 Å². The molecule has 100 valence electrons. The van der Waals surface area contributed by atoms with E-state index in [1.54, 1.807) is 6.26 Å². The Hall–Kier alpha value is -2.01. The first-order chi connectivity index (χ1) is 9.08. The fraction of sp³-hybridized carbons (Fsp3) is 0.231. The third-order valence-corrected chi connectivity index (χ3v) is 2.97. The number of carbonyl (C=O) groups is 1. The summed E-state index contributed by atoms with van der Waals surface area (Å²) < 4.78 is 5.25. The van der Waals surface area contributed by atoms with E-state index in [9.17, 15) is 4.79 Å². The van der Waals surface area contributed by atoms with Gasteiger partial charge in [-0.05, 0) is 25.1 Å². The molecule has 0 saturated heterocycles. The fourth-order valence-electron chi connectivity index (χ4n) is 1.72. The van der Waals surface area contributed by atoms with E-state index in [1.165, 1.54) is 12.3 Å². The summed E-state index contributed by atoms with van der Waals surface area (Å²) in [4.78, 5) is 15.0. The molecule has 0 amide bonds. The number of hydrogen-bond donors (Lipinski definition) is 2. The van der Waals surface area contributed by atoms with Crippen LogP contribution in [0.1, 0.15) is 23.0 Å². The van der Waals surface area contributed by atoms with Gasteiger partial charge in [0, 0.05) is 18.7 Å². The Labute approximate surface area is 115 Å². The number of rotatable bonds is 5. The topological polar surface area (TPSA) is 75.4 Å². The van der Waals surface area contributed by atoms with Crippen molar-refractivity contribution in [2.24, 2.45) is 0 Å². The Kier molecular flexibility index (Phi) is 4.06. The van der Waals surface area contributed by atoms with Gasteiger partial charge in [0.05, 0.1) is 16.8 Å². The summed E-state index contributed by atoms with van der Waals surface area (Å²) in [5.74, 6) is 0.125. The van der Waals surface area contributed by atoms with E-state index in [2.05, 4.69) is 10.3 Å². The standard InChI is InChI=1S/C13H13ClN2O3/c1-8(7-9-3-2-6-19-9)16-12-11(14)10(13(17)18)4-5-15-12/h2-6,8H,7H2,1H3,(H,15,16)(H,17,18). The van der Waals surface area contributed by atoms with Gasteiger partial charge in [-0.1, -0.05) is 11.6 Å². The molecule has 1 unspecified atom stereocenters. The van der Waals surface area contributed by atoms with Gasteiger partial charge in [0.1, 0.15) is 11.6 Å². The van der Waals surface area contributed by atoms with E-state index in [0.717, 1.165) is 5.76 Å². The molecular weight excluding hydrogens is 268 g/mol. The zero-order valence-corrected chi connectivity index (χ0v) is 11.0. The Morgan fingerprint density at radius 3 is 3.00 bits per heavy atom. The number of aromatic nitrogens is 1. The van der Waals surface area contributed by atoms with Crippen molar-refractivity contribution in [3.63, 3.8) is 0 Å². The number of carboxylic acids is 1. The first kappa shape index (κ1) is 13.4. The first-order valence-corrected chi connectivity index (χ1v) is 6.12. The van der Waals surface area contributed by atoms with Crippen LogP contribution in [0.4, 0.5) is 5.82 Å². The predicted molar refractivity (Wildman–Crippen MR) is 71.7 cm³/mol. The number of hydrogen-bond acceptors (Lipinski definition) is 4. The smallest absolute Gasteiger partial charge is 0.337 e. The van der Waals surface area contributed by atoms with E-state index < -0.39 is 5.97 Å². The lowest BCUT2D eigenvalue weighted by Crippen LogP contribution is -2.19. The zero-order valence-electron chi connectivity index (χ0n) is 10.3. The van der Waals surface area contributed by atoms with E-state index in [1.807, 2.05) is 19.1 Å². The average molecular weight is 281 g/mol. The summed E-state index contributed by atoms with van der Waals surface area (Å²) in [6, 6.07) is 5.08. The van der Waals surface area contributed by atoms with Crippen molar-refractivity contribution in [1.82, 2.24) is 4.98 Å². The molecule has 2 aromatic rings. The SMILES string of the molecule is CC(Cc1ccco1)Nc1nccc(C(=O)O)c1Cl. The number of halogens is 1. The van der Waals surface area contributed by atoms with Gasteiger partial charge in [-0.15, -0.1) is 0 Å². The largest absolute Gasteiger partial charge is 0.478 e. The van der Waals surface area contributed by atoms with Gasteiger partial charge < -0.3 is 14.8 Å². The number of nitrogens with zero attached hydrogens (tertiary/aromatic N) is 1. The Morgan fingerprint density at radius 2 is 2.37 bits per heavy atom. The average Bonchev–Trinajstić information content (AvgIpc) is 2.84. The summed E-state index contributed by atoms with van der Waals surface area (Å²) in [6.07, 6.45) is 3.68. The normalized spacial score (nSPS) is 12.1. The van der Waals surface area contributed by atoms with Crippen molar-refractivity contribution in [1.29, 1.82) is 0 Å². The number of nitrogens with one attached hydrogen (secondary N) is 1. The summed E-state index contributed by atoms with van der Waals surface area (Å²) in [5.41, 5.74) is 0.0318. The highest BCUT2D eigenvalue weighted by Crippen LogP contribution is 2.24. The van der Waals surface area contributed by atoms with Gasteiger partial charge in [-0.3, -0.25) is 0 Å². The molecule has 1 atom stereocenters. The molecule has 5 nitrogen and oxygen atoms in total. The number of pyridine rings is 1. The predicted octanol–water partition coefficient (Wildman–Crippen LogP) is 3.07. The molecule has 2 aromatic heterocycles. The maximum absolute atomic E-state index is 11.0. The Bertz CT molecular complexity index is 569. The summed E-state index contributed by atoms with van der Waals surface area (Å²) in [7, 11) is 0. The second-order valence-electron chi connectivity index (χ2n) is 4.16. The molecule has 0 aliphatic heterocycles. The molecule has 0 aromatic carbocycles. The van der Waals surface area contributed by atoms with Crippen LogP contribution in [0.25, 0.3) is 0 Å². The molecular formula is C13H13ClN2O3. The highest BCUT2D eigenvalue weighted by Gasteiger charge is 2.15. The van der Waals surface area contributed by atoms with Crippen LogP contribution in [0, 0.1) is 0 Å².